The Balaban J connectivity index is 2.50. The summed E-state index contributed by atoms with van der Waals surface area (Å²) in [7, 11) is 0. The van der Waals surface area contributed by atoms with Crippen LogP contribution in [0.15, 0.2) is 12.4 Å². The number of hydrogen-bond acceptors (Lipinski definition) is 4. The number of anilines is 1. The van der Waals surface area contributed by atoms with Crippen molar-refractivity contribution in [2.24, 2.45) is 5.73 Å². The van der Waals surface area contributed by atoms with Crippen molar-refractivity contribution in [3.05, 3.63) is 18.1 Å². The summed E-state index contributed by atoms with van der Waals surface area (Å²) in [5.41, 5.74) is 6.66. The zero-order valence-corrected chi connectivity index (χ0v) is 9.53. The van der Waals surface area contributed by atoms with Crippen LogP contribution in [0.5, 0.6) is 0 Å². The topological polar surface area (TPSA) is 63.8 Å². The van der Waals surface area contributed by atoms with Crippen LogP contribution in [0.3, 0.4) is 0 Å². The molecule has 4 nitrogen and oxygen atoms in total. The van der Waals surface area contributed by atoms with Crippen molar-refractivity contribution in [1.82, 2.24) is 9.97 Å². The van der Waals surface area contributed by atoms with E-state index in [9.17, 15) is 0 Å². The molecular formula is C11H20N4. The Morgan fingerprint density at radius 1 is 1.47 bits per heavy atom. The Hall–Kier alpha value is -1.16. The van der Waals surface area contributed by atoms with Crippen LogP contribution in [0.1, 0.15) is 31.9 Å². The van der Waals surface area contributed by atoms with Gasteiger partial charge in [-0.25, -0.2) is 9.97 Å². The first-order valence-electron chi connectivity index (χ1n) is 5.51. The van der Waals surface area contributed by atoms with Crippen LogP contribution in [0.25, 0.3) is 0 Å². The molecule has 1 rings (SSSR count). The maximum atomic E-state index is 5.69. The number of aryl methyl sites for hydroxylation is 1. The number of nitrogens with one attached hydrogen (secondary N) is 1. The quantitative estimate of drug-likeness (QED) is 0.747. The van der Waals surface area contributed by atoms with E-state index in [0.29, 0.717) is 12.6 Å². The van der Waals surface area contributed by atoms with Gasteiger partial charge in [0.25, 0.3) is 0 Å². The average molecular weight is 208 g/mol. The lowest BCUT2D eigenvalue weighted by atomic mass is 10.1. The van der Waals surface area contributed by atoms with E-state index < -0.39 is 0 Å². The molecule has 1 aromatic rings. The first-order valence-corrected chi connectivity index (χ1v) is 5.51. The molecule has 0 fully saturated rings. The van der Waals surface area contributed by atoms with Crippen LogP contribution in [-0.4, -0.2) is 22.6 Å². The first kappa shape index (κ1) is 11.9. The Morgan fingerprint density at radius 3 is 2.87 bits per heavy atom. The van der Waals surface area contributed by atoms with Gasteiger partial charge in [0, 0.05) is 24.3 Å². The molecule has 3 N–H and O–H groups in total. The van der Waals surface area contributed by atoms with Gasteiger partial charge in [-0.1, -0.05) is 19.8 Å². The average Bonchev–Trinajstić information content (AvgIpc) is 2.24. The predicted octanol–water partition coefficient (Wildman–Crippen LogP) is 1.71. The molecule has 1 unspecified atom stereocenters. The third-order valence-electron chi connectivity index (χ3n) is 2.35. The molecule has 1 aromatic heterocycles. The highest BCUT2D eigenvalue weighted by molar-refractivity contribution is 5.35. The van der Waals surface area contributed by atoms with Gasteiger partial charge in [0.05, 0.1) is 0 Å². The highest BCUT2D eigenvalue weighted by Crippen LogP contribution is 2.08. The van der Waals surface area contributed by atoms with Crippen LogP contribution in [-0.2, 0) is 0 Å². The molecule has 0 aliphatic carbocycles. The summed E-state index contributed by atoms with van der Waals surface area (Å²) in [6.45, 7) is 4.78. The molecule has 1 heterocycles. The lowest BCUT2D eigenvalue weighted by molar-refractivity contribution is 0.612. The molecule has 0 aliphatic heterocycles. The molecule has 0 aliphatic rings. The zero-order chi connectivity index (χ0) is 11.1. The highest BCUT2D eigenvalue weighted by atomic mass is 15.0. The minimum absolute atomic E-state index is 0.319. The molecule has 0 saturated carbocycles. The number of nitrogens with zero attached hydrogens (tertiary/aromatic N) is 2. The van der Waals surface area contributed by atoms with Gasteiger partial charge in [0.15, 0.2) is 0 Å². The second kappa shape index (κ2) is 6.35. The summed E-state index contributed by atoms with van der Waals surface area (Å²) in [5, 5.41) is 3.33. The van der Waals surface area contributed by atoms with Gasteiger partial charge in [-0.05, 0) is 13.3 Å². The van der Waals surface area contributed by atoms with E-state index in [2.05, 4.69) is 22.2 Å². The summed E-state index contributed by atoms with van der Waals surface area (Å²) in [6.07, 6.45) is 5.06. The van der Waals surface area contributed by atoms with E-state index in [-0.39, 0.29) is 0 Å². The normalized spacial score (nSPS) is 12.5. The molecule has 0 spiro atoms. The van der Waals surface area contributed by atoms with Crippen LogP contribution in [0, 0.1) is 6.92 Å². The third-order valence-corrected chi connectivity index (χ3v) is 2.35. The summed E-state index contributed by atoms with van der Waals surface area (Å²) in [4.78, 5) is 8.21. The fraction of sp³-hybridized carbons (Fsp3) is 0.636. The van der Waals surface area contributed by atoms with Crippen molar-refractivity contribution in [2.45, 2.75) is 39.2 Å². The second-order valence-electron chi connectivity index (χ2n) is 3.76. The van der Waals surface area contributed by atoms with E-state index >= 15 is 0 Å². The van der Waals surface area contributed by atoms with Crippen LogP contribution in [0.4, 0.5) is 5.82 Å². The minimum atomic E-state index is 0.319. The fourth-order valence-corrected chi connectivity index (χ4v) is 1.44. The monoisotopic (exact) mass is 208 g/mol. The maximum Gasteiger partial charge on any atom is 0.129 e. The number of aromatic nitrogens is 2. The molecular weight excluding hydrogens is 188 g/mol. The summed E-state index contributed by atoms with van der Waals surface area (Å²) in [6, 6.07) is 2.26. The smallest absolute Gasteiger partial charge is 0.129 e. The largest absolute Gasteiger partial charge is 0.366 e. The molecule has 84 valence electrons. The van der Waals surface area contributed by atoms with E-state index in [0.717, 1.165) is 17.9 Å². The van der Waals surface area contributed by atoms with E-state index in [4.69, 9.17) is 5.73 Å². The molecule has 1 atom stereocenters. The van der Waals surface area contributed by atoms with Crippen LogP contribution >= 0.6 is 0 Å². The minimum Gasteiger partial charge on any atom is -0.366 e. The van der Waals surface area contributed by atoms with Gasteiger partial charge in [-0.2, -0.15) is 0 Å². The number of nitrogens with two attached hydrogens (primary N) is 1. The summed E-state index contributed by atoms with van der Waals surface area (Å²) < 4.78 is 0. The second-order valence-corrected chi connectivity index (χ2v) is 3.76. The first-order chi connectivity index (χ1) is 7.26. The summed E-state index contributed by atoms with van der Waals surface area (Å²) in [5.74, 6) is 0.869. The fourth-order valence-electron chi connectivity index (χ4n) is 1.44. The van der Waals surface area contributed by atoms with Gasteiger partial charge in [-0.3, -0.25) is 0 Å². The number of hydrogen-bond donors (Lipinski definition) is 2. The number of rotatable bonds is 6. The summed E-state index contributed by atoms with van der Waals surface area (Å²) >= 11 is 0. The van der Waals surface area contributed by atoms with Crippen molar-refractivity contribution in [2.75, 3.05) is 11.9 Å². The van der Waals surface area contributed by atoms with Crippen molar-refractivity contribution in [1.29, 1.82) is 0 Å². The molecule has 0 bridgehead atoms. The van der Waals surface area contributed by atoms with Crippen LogP contribution < -0.4 is 11.1 Å². The standard InChI is InChI=1S/C11H20N4/c1-3-4-5-10(7-12)15-11-6-9(2)13-8-14-11/h6,8,10H,3-5,7,12H2,1-2H3,(H,13,14,15). The van der Waals surface area contributed by atoms with Gasteiger partial charge in [0.2, 0.25) is 0 Å². The molecule has 4 heteroatoms. The Morgan fingerprint density at radius 2 is 2.27 bits per heavy atom. The van der Waals surface area contributed by atoms with Crippen molar-refractivity contribution in [3.63, 3.8) is 0 Å². The van der Waals surface area contributed by atoms with Crippen molar-refractivity contribution >= 4 is 5.82 Å². The Kier molecular flexibility index (Phi) is 5.04. The molecule has 0 amide bonds. The lowest BCUT2D eigenvalue weighted by Crippen LogP contribution is -2.29. The molecule has 0 aromatic carbocycles. The Labute approximate surface area is 91.3 Å². The number of unbranched alkanes of at least 4 members (excludes halogenated alkanes) is 1. The zero-order valence-electron chi connectivity index (χ0n) is 9.53. The van der Waals surface area contributed by atoms with Gasteiger partial charge in [0.1, 0.15) is 12.1 Å². The van der Waals surface area contributed by atoms with E-state index in [1.165, 1.54) is 12.8 Å². The highest BCUT2D eigenvalue weighted by Gasteiger charge is 2.06. The SMILES string of the molecule is CCCCC(CN)Nc1cc(C)ncn1. The van der Waals surface area contributed by atoms with Crippen molar-refractivity contribution in [3.8, 4) is 0 Å². The molecule has 0 radical (unpaired) electrons. The van der Waals surface area contributed by atoms with Gasteiger partial charge < -0.3 is 11.1 Å². The molecule has 0 saturated heterocycles. The third kappa shape index (κ3) is 4.25. The van der Waals surface area contributed by atoms with Gasteiger partial charge >= 0.3 is 0 Å². The van der Waals surface area contributed by atoms with E-state index in [1.54, 1.807) is 6.33 Å². The van der Waals surface area contributed by atoms with Gasteiger partial charge in [-0.15, -0.1) is 0 Å². The molecule has 15 heavy (non-hydrogen) atoms. The van der Waals surface area contributed by atoms with E-state index in [1.807, 2.05) is 13.0 Å². The maximum absolute atomic E-state index is 5.69. The van der Waals surface area contributed by atoms with Crippen LogP contribution in [0.2, 0.25) is 0 Å². The Bertz CT molecular complexity index is 288. The van der Waals surface area contributed by atoms with Crippen molar-refractivity contribution < 1.29 is 0 Å². The predicted molar refractivity (Wildman–Crippen MR) is 62.8 cm³/mol. The lowest BCUT2D eigenvalue weighted by Gasteiger charge is -2.16.